The van der Waals surface area contributed by atoms with Crippen LogP contribution < -0.4 is 0 Å². The summed E-state index contributed by atoms with van der Waals surface area (Å²) >= 11 is 0. The number of hydrogen-bond donors (Lipinski definition) is 1. The number of amides is 2. The molecule has 1 N–H and O–H groups in total. The molecule has 0 spiro atoms. The molecular weight excluding hydrogens is 256 g/mol. The van der Waals surface area contributed by atoms with E-state index >= 15 is 0 Å². The van der Waals surface area contributed by atoms with E-state index in [0.29, 0.717) is 24.8 Å². The number of likely N-dealkylation sites (tertiary alicyclic amines) is 2. The molecule has 1 saturated carbocycles. The van der Waals surface area contributed by atoms with Crippen LogP contribution in [0.5, 0.6) is 0 Å². The van der Waals surface area contributed by atoms with Gasteiger partial charge in [-0.05, 0) is 37.5 Å². The van der Waals surface area contributed by atoms with Crippen molar-refractivity contribution in [2.24, 2.45) is 17.8 Å². The van der Waals surface area contributed by atoms with Crippen LogP contribution in [-0.2, 0) is 9.59 Å². The highest BCUT2D eigenvalue weighted by Gasteiger charge is 2.39. The van der Waals surface area contributed by atoms with Gasteiger partial charge < -0.3 is 14.9 Å². The highest BCUT2D eigenvalue weighted by molar-refractivity contribution is 5.89. The average molecular weight is 280 g/mol. The number of rotatable bonds is 4. The van der Waals surface area contributed by atoms with Gasteiger partial charge in [0.05, 0.1) is 5.92 Å². The summed E-state index contributed by atoms with van der Waals surface area (Å²) in [5.41, 5.74) is 0. The first-order valence-electron chi connectivity index (χ1n) is 7.84. The second-order valence-electron chi connectivity index (χ2n) is 6.59. The molecule has 2 heterocycles. The van der Waals surface area contributed by atoms with E-state index in [-0.39, 0.29) is 24.3 Å². The van der Waals surface area contributed by atoms with Gasteiger partial charge >= 0.3 is 0 Å². The van der Waals surface area contributed by atoms with E-state index in [1.165, 1.54) is 12.8 Å². The van der Waals surface area contributed by atoms with Crippen LogP contribution in [0.25, 0.3) is 0 Å². The number of piperidine rings is 1. The van der Waals surface area contributed by atoms with Gasteiger partial charge in [0.25, 0.3) is 0 Å². The molecule has 112 valence electrons. The minimum Gasteiger partial charge on any atom is -0.396 e. The molecule has 1 atom stereocenters. The van der Waals surface area contributed by atoms with Crippen molar-refractivity contribution in [2.75, 3.05) is 32.8 Å². The van der Waals surface area contributed by atoms with Crippen LogP contribution in [0.15, 0.2) is 0 Å². The molecule has 2 aliphatic heterocycles. The number of carbonyl (C=O) groups is 2. The molecule has 2 saturated heterocycles. The molecule has 1 unspecified atom stereocenters. The first-order chi connectivity index (χ1) is 9.67. The zero-order valence-electron chi connectivity index (χ0n) is 12.0. The van der Waals surface area contributed by atoms with Crippen molar-refractivity contribution in [3.8, 4) is 0 Å². The van der Waals surface area contributed by atoms with Crippen LogP contribution in [0.1, 0.15) is 32.1 Å². The summed E-state index contributed by atoms with van der Waals surface area (Å²) in [7, 11) is 0. The Morgan fingerprint density at radius 1 is 1.15 bits per heavy atom. The van der Waals surface area contributed by atoms with Gasteiger partial charge in [0.1, 0.15) is 0 Å². The van der Waals surface area contributed by atoms with Crippen molar-refractivity contribution in [1.29, 1.82) is 0 Å². The highest BCUT2D eigenvalue weighted by Crippen LogP contribution is 2.32. The third kappa shape index (κ3) is 2.97. The Morgan fingerprint density at radius 2 is 1.85 bits per heavy atom. The van der Waals surface area contributed by atoms with E-state index in [0.717, 1.165) is 32.5 Å². The predicted octanol–water partition coefficient (Wildman–Crippen LogP) is 0.476. The third-order valence-electron chi connectivity index (χ3n) is 4.92. The molecule has 0 aromatic carbocycles. The topological polar surface area (TPSA) is 60.9 Å². The Bertz CT molecular complexity index is 387. The van der Waals surface area contributed by atoms with Crippen LogP contribution in [-0.4, -0.2) is 59.5 Å². The van der Waals surface area contributed by atoms with Crippen molar-refractivity contribution in [3.05, 3.63) is 0 Å². The Kier molecular flexibility index (Phi) is 3.96. The molecule has 0 radical (unpaired) electrons. The summed E-state index contributed by atoms with van der Waals surface area (Å²) in [6.45, 7) is 3.16. The third-order valence-corrected chi connectivity index (χ3v) is 4.92. The summed E-state index contributed by atoms with van der Waals surface area (Å²) in [5.74, 6) is 1.20. The van der Waals surface area contributed by atoms with Crippen LogP contribution in [0.3, 0.4) is 0 Å². The lowest BCUT2D eigenvalue weighted by Crippen LogP contribution is -2.43. The lowest BCUT2D eigenvalue weighted by atomic mass is 9.96. The van der Waals surface area contributed by atoms with Gasteiger partial charge in [-0.25, -0.2) is 0 Å². The monoisotopic (exact) mass is 280 g/mol. The number of aliphatic hydroxyl groups excluding tert-OH is 1. The Labute approximate surface area is 119 Å². The molecule has 3 aliphatic rings. The summed E-state index contributed by atoms with van der Waals surface area (Å²) in [6.07, 6.45) is 4.63. The second-order valence-corrected chi connectivity index (χ2v) is 6.59. The normalized spacial score (nSPS) is 28.2. The van der Waals surface area contributed by atoms with Crippen molar-refractivity contribution in [1.82, 2.24) is 9.80 Å². The predicted molar refractivity (Wildman–Crippen MR) is 73.8 cm³/mol. The van der Waals surface area contributed by atoms with Gasteiger partial charge in [-0.1, -0.05) is 0 Å². The molecule has 3 rings (SSSR count). The van der Waals surface area contributed by atoms with E-state index in [1.54, 1.807) is 0 Å². The smallest absolute Gasteiger partial charge is 0.227 e. The first-order valence-corrected chi connectivity index (χ1v) is 7.84. The number of aliphatic hydroxyl groups is 1. The summed E-state index contributed by atoms with van der Waals surface area (Å²) in [4.78, 5) is 28.2. The van der Waals surface area contributed by atoms with Crippen molar-refractivity contribution >= 4 is 11.8 Å². The molecule has 0 aromatic heterocycles. The molecule has 20 heavy (non-hydrogen) atoms. The number of hydrogen-bond acceptors (Lipinski definition) is 3. The van der Waals surface area contributed by atoms with Crippen molar-refractivity contribution in [2.45, 2.75) is 32.1 Å². The fourth-order valence-corrected chi connectivity index (χ4v) is 3.32. The van der Waals surface area contributed by atoms with Gasteiger partial charge in [-0.3, -0.25) is 9.59 Å². The van der Waals surface area contributed by atoms with Crippen LogP contribution in [0, 0.1) is 17.8 Å². The fourth-order valence-electron chi connectivity index (χ4n) is 3.32. The van der Waals surface area contributed by atoms with E-state index in [4.69, 9.17) is 5.11 Å². The molecule has 2 amide bonds. The van der Waals surface area contributed by atoms with E-state index in [1.807, 2.05) is 9.80 Å². The van der Waals surface area contributed by atoms with Crippen LogP contribution >= 0.6 is 0 Å². The Hall–Kier alpha value is -1.10. The quantitative estimate of drug-likeness (QED) is 0.814. The van der Waals surface area contributed by atoms with E-state index < -0.39 is 0 Å². The zero-order chi connectivity index (χ0) is 14.1. The standard InChI is InChI=1S/C15H24N2O3/c18-10-12-3-5-16(6-4-12)15(20)13-7-14(19)17(9-13)8-11-1-2-11/h11-13,18H,1-10H2. The fraction of sp³-hybridized carbons (Fsp3) is 0.867. The molecule has 1 aliphatic carbocycles. The Morgan fingerprint density at radius 3 is 2.45 bits per heavy atom. The molecule has 0 aromatic rings. The maximum atomic E-state index is 12.5. The number of nitrogens with zero attached hydrogens (tertiary/aromatic N) is 2. The SMILES string of the molecule is O=C1CC(C(=O)N2CCC(CO)CC2)CN1CC1CC1. The van der Waals surface area contributed by atoms with Crippen LogP contribution in [0.4, 0.5) is 0 Å². The summed E-state index contributed by atoms with van der Waals surface area (Å²) < 4.78 is 0. The van der Waals surface area contributed by atoms with Gasteiger partial charge in [0, 0.05) is 39.2 Å². The first kappa shape index (κ1) is 13.9. The molecule has 5 heteroatoms. The largest absolute Gasteiger partial charge is 0.396 e. The molecular formula is C15H24N2O3. The lowest BCUT2D eigenvalue weighted by Gasteiger charge is -2.32. The lowest BCUT2D eigenvalue weighted by molar-refractivity contribution is -0.137. The molecule has 0 bridgehead atoms. The van der Waals surface area contributed by atoms with Gasteiger partial charge in [0.15, 0.2) is 0 Å². The zero-order valence-corrected chi connectivity index (χ0v) is 12.0. The van der Waals surface area contributed by atoms with Gasteiger partial charge in [0.2, 0.25) is 11.8 Å². The van der Waals surface area contributed by atoms with Gasteiger partial charge in [-0.2, -0.15) is 0 Å². The second kappa shape index (κ2) is 5.72. The van der Waals surface area contributed by atoms with Crippen LogP contribution in [0.2, 0.25) is 0 Å². The minimum atomic E-state index is -0.132. The van der Waals surface area contributed by atoms with Crippen molar-refractivity contribution < 1.29 is 14.7 Å². The summed E-state index contributed by atoms with van der Waals surface area (Å²) in [5, 5.41) is 9.13. The average Bonchev–Trinajstić information content (AvgIpc) is 3.21. The maximum Gasteiger partial charge on any atom is 0.227 e. The maximum absolute atomic E-state index is 12.5. The molecule has 5 nitrogen and oxygen atoms in total. The van der Waals surface area contributed by atoms with E-state index in [2.05, 4.69) is 0 Å². The van der Waals surface area contributed by atoms with Crippen molar-refractivity contribution in [3.63, 3.8) is 0 Å². The van der Waals surface area contributed by atoms with E-state index in [9.17, 15) is 9.59 Å². The summed E-state index contributed by atoms with van der Waals surface area (Å²) in [6, 6.07) is 0. The highest BCUT2D eigenvalue weighted by atomic mass is 16.3. The number of carbonyl (C=O) groups excluding carboxylic acids is 2. The van der Waals surface area contributed by atoms with Gasteiger partial charge in [-0.15, -0.1) is 0 Å². The Balaban J connectivity index is 1.51. The minimum absolute atomic E-state index is 0.132. The molecule has 3 fully saturated rings.